The van der Waals surface area contributed by atoms with E-state index in [2.05, 4.69) is 35.2 Å². The third-order valence-corrected chi connectivity index (χ3v) is 3.58. The van der Waals surface area contributed by atoms with Crippen LogP contribution in [0.1, 0.15) is 37.3 Å². The first kappa shape index (κ1) is 9.88. The third kappa shape index (κ3) is 1.84. The van der Waals surface area contributed by atoms with Crippen LogP contribution in [0.25, 0.3) is 0 Å². The normalized spacial score (nSPS) is 24.9. The summed E-state index contributed by atoms with van der Waals surface area (Å²) in [5, 5.41) is 0. The van der Waals surface area contributed by atoms with Crippen LogP contribution >= 0.6 is 0 Å². The van der Waals surface area contributed by atoms with Gasteiger partial charge in [0.05, 0.1) is 11.9 Å². The van der Waals surface area contributed by atoms with Crippen molar-refractivity contribution >= 4 is 5.84 Å². The summed E-state index contributed by atoms with van der Waals surface area (Å²) in [5.74, 6) is 1.35. The van der Waals surface area contributed by atoms with Gasteiger partial charge in [0.1, 0.15) is 0 Å². The molecule has 2 aliphatic rings. The minimum Gasteiger partial charge on any atom is -0.358 e. The Bertz CT molecular complexity index is 383. The highest BCUT2D eigenvalue weighted by Crippen LogP contribution is 2.28. The topological polar surface area (TPSA) is 15.6 Å². The highest BCUT2D eigenvalue weighted by Gasteiger charge is 2.26. The number of rotatable bonds is 1. The summed E-state index contributed by atoms with van der Waals surface area (Å²) in [6.07, 6.45) is 5.20. The molecule has 1 aromatic carbocycles. The maximum atomic E-state index is 4.88. The summed E-state index contributed by atoms with van der Waals surface area (Å²) in [5.41, 5.74) is 1.36. The SMILES string of the molecule is c1ccc(C2CN3CCCCCC3=N2)cc1. The molecular weight excluding hydrogens is 196 g/mol. The predicted octanol–water partition coefficient (Wildman–Crippen LogP) is 3.02. The van der Waals surface area contributed by atoms with Crippen molar-refractivity contribution in [3.8, 4) is 0 Å². The smallest absolute Gasteiger partial charge is 0.0998 e. The second kappa shape index (κ2) is 4.28. The number of hydrogen-bond acceptors (Lipinski definition) is 2. The maximum absolute atomic E-state index is 4.88. The molecule has 0 radical (unpaired) electrons. The van der Waals surface area contributed by atoms with Gasteiger partial charge in [0, 0.05) is 19.5 Å². The summed E-state index contributed by atoms with van der Waals surface area (Å²) in [7, 11) is 0. The van der Waals surface area contributed by atoms with Crippen molar-refractivity contribution < 1.29 is 0 Å². The fraction of sp³-hybridized carbons (Fsp3) is 0.500. The highest BCUT2D eigenvalue weighted by atomic mass is 15.3. The van der Waals surface area contributed by atoms with Crippen LogP contribution in [0.2, 0.25) is 0 Å². The fourth-order valence-electron chi connectivity index (χ4n) is 2.68. The molecule has 1 atom stereocenters. The molecule has 0 saturated carbocycles. The first-order valence-corrected chi connectivity index (χ1v) is 6.30. The Morgan fingerprint density at radius 1 is 1.06 bits per heavy atom. The van der Waals surface area contributed by atoms with Gasteiger partial charge in [-0.15, -0.1) is 0 Å². The van der Waals surface area contributed by atoms with E-state index in [9.17, 15) is 0 Å². The molecule has 3 rings (SSSR count). The zero-order valence-corrected chi connectivity index (χ0v) is 9.60. The Balaban J connectivity index is 1.81. The van der Waals surface area contributed by atoms with Gasteiger partial charge >= 0.3 is 0 Å². The Morgan fingerprint density at radius 3 is 2.81 bits per heavy atom. The molecule has 2 nitrogen and oxygen atoms in total. The molecule has 2 heteroatoms. The van der Waals surface area contributed by atoms with Crippen LogP contribution in [0.4, 0.5) is 0 Å². The van der Waals surface area contributed by atoms with Crippen LogP contribution in [-0.4, -0.2) is 23.8 Å². The lowest BCUT2D eigenvalue weighted by atomic mass is 10.1. The lowest BCUT2D eigenvalue weighted by Crippen LogP contribution is -2.27. The summed E-state index contributed by atoms with van der Waals surface area (Å²) in [6, 6.07) is 11.1. The van der Waals surface area contributed by atoms with Crippen LogP contribution in [-0.2, 0) is 0 Å². The zero-order chi connectivity index (χ0) is 10.8. The average molecular weight is 214 g/mol. The van der Waals surface area contributed by atoms with E-state index in [1.54, 1.807) is 0 Å². The molecule has 1 fully saturated rings. The van der Waals surface area contributed by atoms with Crippen molar-refractivity contribution in [3.05, 3.63) is 35.9 Å². The number of amidine groups is 1. The van der Waals surface area contributed by atoms with Crippen molar-refractivity contribution in [2.24, 2.45) is 4.99 Å². The molecule has 2 aliphatic heterocycles. The fourth-order valence-corrected chi connectivity index (χ4v) is 2.68. The first-order chi connectivity index (χ1) is 7.93. The molecule has 16 heavy (non-hydrogen) atoms. The number of nitrogens with zero attached hydrogens (tertiary/aromatic N) is 2. The van der Waals surface area contributed by atoms with Crippen LogP contribution in [0, 0.1) is 0 Å². The van der Waals surface area contributed by atoms with Gasteiger partial charge in [0.2, 0.25) is 0 Å². The summed E-state index contributed by atoms with van der Waals surface area (Å²) in [6.45, 7) is 2.31. The van der Waals surface area contributed by atoms with E-state index in [-0.39, 0.29) is 0 Å². The molecule has 0 amide bonds. The maximum Gasteiger partial charge on any atom is 0.0998 e. The molecule has 1 unspecified atom stereocenters. The molecule has 0 N–H and O–H groups in total. The van der Waals surface area contributed by atoms with Gasteiger partial charge < -0.3 is 4.90 Å². The number of fused-ring (bicyclic) bond motifs is 1. The Kier molecular flexibility index (Phi) is 2.65. The second-order valence-electron chi connectivity index (χ2n) is 4.73. The molecule has 0 spiro atoms. The van der Waals surface area contributed by atoms with E-state index in [1.165, 1.54) is 43.6 Å². The van der Waals surface area contributed by atoms with Crippen LogP contribution < -0.4 is 0 Å². The first-order valence-electron chi connectivity index (χ1n) is 6.30. The lowest BCUT2D eigenvalue weighted by Gasteiger charge is -2.18. The molecule has 2 heterocycles. The highest BCUT2D eigenvalue weighted by molar-refractivity contribution is 5.84. The minimum absolute atomic E-state index is 0.384. The Labute approximate surface area is 97.0 Å². The molecule has 1 saturated heterocycles. The van der Waals surface area contributed by atoms with Gasteiger partial charge in [-0.1, -0.05) is 36.8 Å². The number of benzene rings is 1. The van der Waals surface area contributed by atoms with Gasteiger partial charge in [-0.25, -0.2) is 0 Å². The summed E-state index contributed by atoms with van der Waals surface area (Å²) >= 11 is 0. The monoisotopic (exact) mass is 214 g/mol. The largest absolute Gasteiger partial charge is 0.358 e. The standard InChI is InChI=1S/C14H18N2/c1-3-7-12(8-4-1)13-11-16-10-6-2-5-9-14(16)15-13/h1,3-4,7-8,13H,2,5-6,9-11H2. The van der Waals surface area contributed by atoms with Crippen molar-refractivity contribution in [1.29, 1.82) is 0 Å². The van der Waals surface area contributed by atoms with E-state index in [1.807, 2.05) is 0 Å². The average Bonchev–Trinajstić information content (AvgIpc) is 2.62. The van der Waals surface area contributed by atoms with E-state index >= 15 is 0 Å². The van der Waals surface area contributed by atoms with Gasteiger partial charge in [0.15, 0.2) is 0 Å². The van der Waals surface area contributed by atoms with Crippen molar-refractivity contribution in [1.82, 2.24) is 4.90 Å². The molecule has 0 bridgehead atoms. The van der Waals surface area contributed by atoms with E-state index in [4.69, 9.17) is 4.99 Å². The van der Waals surface area contributed by atoms with Gasteiger partial charge in [-0.2, -0.15) is 0 Å². The van der Waals surface area contributed by atoms with E-state index in [0.29, 0.717) is 6.04 Å². The van der Waals surface area contributed by atoms with Crippen molar-refractivity contribution in [2.75, 3.05) is 13.1 Å². The molecular formula is C14H18N2. The number of hydrogen-bond donors (Lipinski definition) is 0. The van der Waals surface area contributed by atoms with E-state index < -0.39 is 0 Å². The predicted molar refractivity (Wildman–Crippen MR) is 66.7 cm³/mol. The number of aliphatic imine (C=N–C) groups is 1. The van der Waals surface area contributed by atoms with E-state index in [0.717, 1.165) is 6.54 Å². The Morgan fingerprint density at radius 2 is 1.94 bits per heavy atom. The quantitative estimate of drug-likeness (QED) is 0.701. The van der Waals surface area contributed by atoms with Crippen molar-refractivity contribution in [2.45, 2.75) is 31.7 Å². The van der Waals surface area contributed by atoms with Gasteiger partial charge in [-0.05, 0) is 18.4 Å². The zero-order valence-electron chi connectivity index (χ0n) is 9.60. The Hall–Kier alpha value is -1.31. The third-order valence-electron chi connectivity index (χ3n) is 3.58. The van der Waals surface area contributed by atoms with Gasteiger partial charge in [-0.3, -0.25) is 4.99 Å². The van der Waals surface area contributed by atoms with Crippen molar-refractivity contribution in [3.63, 3.8) is 0 Å². The minimum atomic E-state index is 0.384. The molecule has 84 valence electrons. The van der Waals surface area contributed by atoms with Gasteiger partial charge in [0.25, 0.3) is 0 Å². The van der Waals surface area contributed by atoms with Crippen LogP contribution in [0.5, 0.6) is 0 Å². The van der Waals surface area contributed by atoms with Crippen LogP contribution in [0.3, 0.4) is 0 Å². The molecule has 1 aromatic rings. The summed E-state index contributed by atoms with van der Waals surface area (Å²) in [4.78, 5) is 7.37. The lowest BCUT2D eigenvalue weighted by molar-refractivity contribution is 0.421. The molecule has 0 aliphatic carbocycles. The second-order valence-corrected chi connectivity index (χ2v) is 4.73. The van der Waals surface area contributed by atoms with Crippen LogP contribution in [0.15, 0.2) is 35.3 Å². The molecule has 0 aromatic heterocycles. The summed E-state index contributed by atoms with van der Waals surface area (Å²) < 4.78 is 0.